The van der Waals surface area contributed by atoms with Crippen LogP contribution >= 0.6 is 11.6 Å². The maximum Gasteiger partial charge on any atom is 0.143 e. The largest absolute Gasteiger partial charge is 0.299 e. The summed E-state index contributed by atoms with van der Waals surface area (Å²) in [5.41, 5.74) is 1.13. The molecule has 16 heavy (non-hydrogen) atoms. The van der Waals surface area contributed by atoms with Crippen LogP contribution in [0.15, 0.2) is 24.3 Å². The van der Waals surface area contributed by atoms with Gasteiger partial charge in [0.1, 0.15) is 5.78 Å². The molecule has 86 valence electrons. The fourth-order valence-corrected chi connectivity index (χ4v) is 2.25. The number of hydrogen-bond acceptors (Lipinski definition) is 1. The number of rotatable bonds is 4. The molecule has 2 rings (SSSR count). The zero-order valence-corrected chi connectivity index (χ0v) is 10.5. The Balaban J connectivity index is 2.25. The maximum absolute atomic E-state index is 12.2. The lowest BCUT2D eigenvalue weighted by Gasteiger charge is -2.17. The molecule has 1 aromatic carbocycles. The van der Waals surface area contributed by atoms with Gasteiger partial charge in [-0.25, -0.2) is 0 Å². The molecule has 0 spiro atoms. The second-order valence-electron chi connectivity index (χ2n) is 4.92. The summed E-state index contributed by atoms with van der Waals surface area (Å²) >= 11 is 5.87. The van der Waals surface area contributed by atoms with Crippen molar-refractivity contribution in [2.75, 3.05) is 0 Å². The second-order valence-corrected chi connectivity index (χ2v) is 5.36. The number of ketones is 1. The lowest BCUT2D eigenvalue weighted by atomic mass is 9.85. The Morgan fingerprint density at radius 3 is 2.25 bits per heavy atom. The van der Waals surface area contributed by atoms with Crippen molar-refractivity contribution < 1.29 is 4.79 Å². The van der Waals surface area contributed by atoms with E-state index in [2.05, 4.69) is 0 Å². The fraction of sp³-hybridized carbons (Fsp3) is 0.500. The molecule has 1 aliphatic carbocycles. The summed E-state index contributed by atoms with van der Waals surface area (Å²) in [6.45, 7) is 3.96. The molecule has 0 radical (unpaired) electrons. The first-order chi connectivity index (χ1) is 7.59. The number of hydrogen-bond donors (Lipinski definition) is 0. The van der Waals surface area contributed by atoms with Crippen molar-refractivity contribution in [1.82, 2.24) is 0 Å². The molecule has 1 unspecified atom stereocenters. The van der Waals surface area contributed by atoms with Crippen LogP contribution in [-0.2, 0) is 4.79 Å². The Kier molecular flexibility index (Phi) is 3.34. The third kappa shape index (κ3) is 2.46. The fourth-order valence-electron chi connectivity index (χ4n) is 2.13. The van der Waals surface area contributed by atoms with E-state index in [-0.39, 0.29) is 11.8 Å². The van der Waals surface area contributed by atoms with Gasteiger partial charge in [-0.1, -0.05) is 37.6 Å². The highest BCUT2D eigenvalue weighted by atomic mass is 35.5. The number of Topliss-reactive ketones (excluding diaryl/α,β-unsaturated/α-hetero) is 1. The minimum absolute atomic E-state index is 0.0947. The van der Waals surface area contributed by atoms with Gasteiger partial charge < -0.3 is 0 Å². The molecule has 1 nitrogen and oxygen atoms in total. The standard InChI is InChI=1S/C14H17ClO/c1-9(2)14(16)13(10-3-4-10)11-5-7-12(15)8-6-11/h5-10,13H,3-4H2,1-2H3. The zero-order valence-electron chi connectivity index (χ0n) is 9.74. The maximum atomic E-state index is 12.2. The summed E-state index contributed by atoms with van der Waals surface area (Å²) in [6, 6.07) is 7.73. The summed E-state index contributed by atoms with van der Waals surface area (Å²) < 4.78 is 0. The van der Waals surface area contributed by atoms with Crippen LogP contribution in [0.25, 0.3) is 0 Å². The Hall–Kier alpha value is -0.820. The van der Waals surface area contributed by atoms with E-state index >= 15 is 0 Å². The van der Waals surface area contributed by atoms with Crippen molar-refractivity contribution in [3.05, 3.63) is 34.9 Å². The molecule has 1 fully saturated rings. The molecule has 0 aliphatic heterocycles. The summed E-state index contributed by atoms with van der Waals surface area (Å²) in [6.07, 6.45) is 2.37. The third-order valence-corrected chi connectivity index (χ3v) is 3.45. The van der Waals surface area contributed by atoms with Gasteiger partial charge in [-0.2, -0.15) is 0 Å². The second kappa shape index (κ2) is 4.58. The highest BCUT2D eigenvalue weighted by molar-refractivity contribution is 6.30. The molecular formula is C14H17ClO. The van der Waals surface area contributed by atoms with Crippen molar-refractivity contribution in [2.24, 2.45) is 11.8 Å². The molecule has 0 saturated heterocycles. The van der Waals surface area contributed by atoms with Gasteiger partial charge in [0, 0.05) is 16.9 Å². The van der Waals surface area contributed by atoms with E-state index in [0.717, 1.165) is 10.6 Å². The number of halogens is 1. The molecule has 1 aromatic rings. The summed E-state index contributed by atoms with van der Waals surface area (Å²) in [5, 5.41) is 0.732. The van der Waals surface area contributed by atoms with Crippen molar-refractivity contribution in [3.63, 3.8) is 0 Å². The summed E-state index contributed by atoms with van der Waals surface area (Å²) in [5.74, 6) is 1.14. The lowest BCUT2D eigenvalue weighted by molar-refractivity contribution is -0.123. The van der Waals surface area contributed by atoms with Gasteiger partial charge in [-0.3, -0.25) is 4.79 Å². The number of benzene rings is 1. The van der Waals surface area contributed by atoms with E-state index in [0.29, 0.717) is 11.7 Å². The van der Waals surface area contributed by atoms with Gasteiger partial charge >= 0.3 is 0 Å². The smallest absolute Gasteiger partial charge is 0.143 e. The first kappa shape index (κ1) is 11.7. The molecule has 1 atom stereocenters. The summed E-state index contributed by atoms with van der Waals surface area (Å²) in [4.78, 5) is 12.2. The predicted octanol–water partition coefficient (Wildman–Crippen LogP) is 4.06. The molecule has 0 bridgehead atoms. The van der Waals surface area contributed by atoms with Crippen LogP contribution in [0.2, 0.25) is 5.02 Å². The normalized spacial score (nSPS) is 17.5. The molecular weight excluding hydrogens is 220 g/mol. The molecule has 0 aromatic heterocycles. The third-order valence-electron chi connectivity index (χ3n) is 3.20. The number of carbonyl (C=O) groups excluding carboxylic acids is 1. The van der Waals surface area contributed by atoms with Crippen LogP contribution in [0.1, 0.15) is 38.2 Å². The van der Waals surface area contributed by atoms with E-state index in [1.54, 1.807) is 0 Å². The van der Waals surface area contributed by atoms with Crippen LogP contribution in [0, 0.1) is 11.8 Å². The average Bonchev–Trinajstić information content (AvgIpc) is 3.05. The van der Waals surface area contributed by atoms with Crippen LogP contribution in [0.4, 0.5) is 0 Å². The molecule has 0 N–H and O–H groups in total. The van der Waals surface area contributed by atoms with Crippen molar-refractivity contribution in [3.8, 4) is 0 Å². The average molecular weight is 237 g/mol. The molecule has 0 amide bonds. The highest BCUT2D eigenvalue weighted by Gasteiger charge is 2.37. The van der Waals surface area contributed by atoms with Gasteiger partial charge in [0.2, 0.25) is 0 Å². The van der Waals surface area contributed by atoms with Crippen LogP contribution < -0.4 is 0 Å². The summed E-state index contributed by atoms with van der Waals surface area (Å²) in [7, 11) is 0. The van der Waals surface area contributed by atoms with E-state index in [4.69, 9.17) is 11.6 Å². The highest BCUT2D eigenvalue weighted by Crippen LogP contribution is 2.44. The molecule has 0 heterocycles. The van der Waals surface area contributed by atoms with Crippen molar-refractivity contribution in [2.45, 2.75) is 32.6 Å². The Bertz CT molecular complexity index is 376. The van der Waals surface area contributed by atoms with Crippen LogP contribution in [0.3, 0.4) is 0 Å². The quantitative estimate of drug-likeness (QED) is 0.771. The first-order valence-electron chi connectivity index (χ1n) is 5.89. The molecule has 2 heteroatoms. The van der Waals surface area contributed by atoms with Gasteiger partial charge in [0.05, 0.1) is 0 Å². The monoisotopic (exact) mass is 236 g/mol. The predicted molar refractivity (Wildman–Crippen MR) is 66.8 cm³/mol. The van der Waals surface area contributed by atoms with E-state index in [1.165, 1.54) is 12.8 Å². The molecule has 1 aliphatic rings. The Morgan fingerprint density at radius 2 is 1.81 bits per heavy atom. The molecule has 1 saturated carbocycles. The van der Waals surface area contributed by atoms with E-state index in [9.17, 15) is 4.79 Å². The van der Waals surface area contributed by atoms with Gasteiger partial charge in [0.15, 0.2) is 0 Å². The van der Waals surface area contributed by atoms with Crippen LogP contribution in [-0.4, -0.2) is 5.78 Å². The Labute approximate surface area is 102 Å². The van der Waals surface area contributed by atoms with E-state index in [1.807, 2.05) is 38.1 Å². The van der Waals surface area contributed by atoms with Crippen molar-refractivity contribution in [1.29, 1.82) is 0 Å². The Morgan fingerprint density at radius 1 is 1.25 bits per heavy atom. The number of carbonyl (C=O) groups is 1. The van der Waals surface area contributed by atoms with Gasteiger partial charge in [-0.15, -0.1) is 0 Å². The minimum Gasteiger partial charge on any atom is -0.299 e. The van der Waals surface area contributed by atoms with Gasteiger partial charge in [0.25, 0.3) is 0 Å². The first-order valence-corrected chi connectivity index (χ1v) is 6.26. The van der Waals surface area contributed by atoms with E-state index < -0.39 is 0 Å². The van der Waals surface area contributed by atoms with Crippen LogP contribution in [0.5, 0.6) is 0 Å². The zero-order chi connectivity index (χ0) is 11.7. The lowest BCUT2D eigenvalue weighted by Crippen LogP contribution is -2.19. The van der Waals surface area contributed by atoms with Gasteiger partial charge in [-0.05, 0) is 36.5 Å². The van der Waals surface area contributed by atoms with Crippen molar-refractivity contribution >= 4 is 17.4 Å². The minimum atomic E-state index is 0.0947. The topological polar surface area (TPSA) is 17.1 Å². The SMILES string of the molecule is CC(C)C(=O)C(c1ccc(Cl)cc1)C1CC1.